The number of hydrogen-bond acceptors (Lipinski definition) is 4. The fourth-order valence-electron chi connectivity index (χ4n) is 3.50. The Morgan fingerprint density at radius 2 is 1.96 bits per heavy atom. The van der Waals surface area contributed by atoms with Crippen molar-refractivity contribution in [1.29, 1.82) is 0 Å². The lowest BCUT2D eigenvalue weighted by atomic mass is 10.0. The minimum Gasteiger partial charge on any atom is -0.459 e. The number of amides is 2. The first kappa shape index (κ1) is 17.1. The molecule has 4 rings (SSSR count). The molecule has 7 nitrogen and oxygen atoms in total. The van der Waals surface area contributed by atoms with Gasteiger partial charge in [0.2, 0.25) is 0 Å². The van der Waals surface area contributed by atoms with Gasteiger partial charge in [-0.1, -0.05) is 18.2 Å². The van der Waals surface area contributed by atoms with Crippen molar-refractivity contribution in [3.63, 3.8) is 0 Å². The van der Waals surface area contributed by atoms with Crippen molar-refractivity contribution in [3.8, 4) is 0 Å². The van der Waals surface area contributed by atoms with Crippen LogP contribution in [-0.4, -0.2) is 40.8 Å². The van der Waals surface area contributed by atoms with Crippen LogP contribution in [0.1, 0.15) is 33.8 Å². The zero-order valence-electron chi connectivity index (χ0n) is 14.6. The lowest BCUT2D eigenvalue weighted by molar-refractivity contribution is 0.0647. The number of nitrogens with zero attached hydrogens (tertiary/aromatic N) is 1. The van der Waals surface area contributed by atoms with E-state index in [1.165, 1.54) is 12.5 Å². The number of nitrogens with one attached hydrogen (secondary N) is 2. The first-order valence-corrected chi connectivity index (χ1v) is 8.87. The smallest absolute Gasteiger partial charge is 0.289 e. The molecule has 0 saturated carbocycles. The highest BCUT2D eigenvalue weighted by Gasteiger charge is 2.27. The number of aromatic amines is 1. The molecule has 1 atom stereocenters. The predicted octanol–water partition coefficient (Wildman–Crippen LogP) is 2.16. The molecule has 7 heteroatoms. The van der Waals surface area contributed by atoms with Gasteiger partial charge in [0, 0.05) is 36.1 Å². The molecule has 2 amide bonds. The number of rotatable bonds is 3. The van der Waals surface area contributed by atoms with E-state index in [4.69, 9.17) is 4.42 Å². The predicted molar refractivity (Wildman–Crippen MR) is 99.7 cm³/mol. The van der Waals surface area contributed by atoms with Gasteiger partial charge in [-0.15, -0.1) is 0 Å². The minimum atomic E-state index is -0.264. The molecule has 1 aliphatic rings. The molecule has 2 N–H and O–H groups in total. The number of carbonyl (C=O) groups excluding carboxylic acids is 2. The van der Waals surface area contributed by atoms with Crippen molar-refractivity contribution in [2.75, 3.05) is 13.1 Å². The molecule has 1 fully saturated rings. The van der Waals surface area contributed by atoms with Crippen LogP contribution in [0.25, 0.3) is 10.8 Å². The molecule has 1 aliphatic heterocycles. The second kappa shape index (κ2) is 7.11. The van der Waals surface area contributed by atoms with Crippen LogP contribution in [0.15, 0.2) is 58.1 Å². The first-order chi connectivity index (χ1) is 13.1. The molecule has 2 aromatic heterocycles. The van der Waals surface area contributed by atoms with Gasteiger partial charge < -0.3 is 19.6 Å². The first-order valence-electron chi connectivity index (χ1n) is 8.87. The van der Waals surface area contributed by atoms with Gasteiger partial charge >= 0.3 is 0 Å². The van der Waals surface area contributed by atoms with Crippen LogP contribution < -0.4 is 10.9 Å². The zero-order valence-corrected chi connectivity index (χ0v) is 14.6. The highest BCUT2D eigenvalue weighted by atomic mass is 16.3. The summed E-state index contributed by atoms with van der Waals surface area (Å²) in [6.07, 6.45) is 4.49. The summed E-state index contributed by atoms with van der Waals surface area (Å²) in [6.45, 7) is 1.06. The van der Waals surface area contributed by atoms with Gasteiger partial charge in [0.05, 0.1) is 11.8 Å². The van der Waals surface area contributed by atoms with Gasteiger partial charge in [-0.05, 0) is 31.0 Å². The van der Waals surface area contributed by atoms with E-state index in [1.54, 1.807) is 41.3 Å². The average molecular weight is 365 g/mol. The molecule has 138 valence electrons. The number of furan rings is 1. The fourth-order valence-corrected chi connectivity index (χ4v) is 3.50. The highest BCUT2D eigenvalue weighted by molar-refractivity contribution is 6.06. The van der Waals surface area contributed by atoms with Gasteiger partial charge in [-0.25, -0.2) is 0 Å². The number of fused-ring (bicyclic) bond motifs is 1. The van der Waals surface area contributed by atoms with Crippen molar-refractivity contribution in [2.45, 2.75) is 18.9 Å². The Labute approximate surface area is 155 Å². The summed E-state index contributed by atoms with van der Waals surface area (Å²) in [5.74, 6) is -0.137. The van der Waals surface area contributed by atoms with Crippen LogP contribution in [-0.2, 0) is 0 Å². The number of carbonyl (C=O) groups is 2. The molecular formula is C20H19N3O4. The van der Waals surface area contributed by atoms with E-state index in [2.05, 4.69) is 10.3 Å². The van der Waals surface area contributed by atoms with Gasteiger partial charge in [0.1, 0.15) is 0 Å². The van der Waals surface area contributed by atoms with E-state index < -0.39 is 0 Å². The number of aromatic nitrogens is 1. The van der Waals surface area contributed by atoms with Gasteiger partial charge in [-0.3, -0.25) is 14.4 Å². The molecule has 3 aromatic rings. The molecule has 0 bridgehead atoms. The van der Waals surface area contributed by atoms with E-state index in [1.807, 2.05) is 0 Å². The maximum atomic E-state index is 12.8. The van der Waals surface area contributed by atoms with E-state index in [0.29, 0.717) is 35.2 Å². The molecule has 1 aromatic carbocycles. The second-order valence-electron chi connectivity index (χ2n) is 6.62. The Kier molecular flexibility index (Phi) is 4.50. The molecule has 0 aliphatic carbocycles. The van der Waals surface area contributed by atoms with Crippen LogP contribution in [0.4, 0.5) is 0 Å². The third-order valence-electron chi connectivity index (χ3n) is 4.83. The highest BCUT2D eigenvalue weighted by Crippen LogP contribution is 2.17. The molecule has 1 saturated heterocycles. The monoisotopic (exact) mass is 365 g/mol. The minimum absolute atomic E-state index is 0.157. The number of hydrogen-bond donors (Lipinski definition) is 2. The van der Waals surface area contributed by atoms with E-state index in [0.717, 1.165) is 12.8 Å². The van der Waals surface area contributed by atoms with Crippen molar-refractivity contribution in [3.05, 3.63) is 70.5 Å². The third kappa shape index (κ3) is 3.36. The lowest BCUT2D eigenvalue weighted by Gasteiger charge is -2.32. The molecule has 1 unspecified atom stereocenters. The largest absolute Gasteiger partial charge is 0.459 e. The van der Waals surface area contributed by atoms with Crippen molar-refractivity contribution < 1.29 is 14.0 Å². The number of likely N-dealkylation sites (tertiary alicyclic amines) is 1. The van der Waals surface area contributed by atoms with Crippen LogP contribution in [0.3, 0.4) is 0 Å². The van der Waals surface area contributed by atoms with Crippen LogP contribution in [0, 0.1) is 0 Å². The molecule has 27 heavy (non-hydrogen) atoms. The SMILES string of the molecule is O=C(NC1CCCN(C(=O)c2ccco2)C1)c1c[nH]c(=O)c2ccccc12. The van der Waals surface area contributed by atoms with Crippen molar-refractivity contribution in [2.24, 2.45) is 0 Å². The number of piperidine rings is 1. The quantitative estimate of drug-likeness (QED) is 0.743. The average Bonchev–Trinajstić information content (AvgIpc) is 3.23. The Hall–Kier alpha value is -3.35. The molecular weight excluding hydrogens is 346 g/mol. The third-order valence-corrected chi connectivity index (χ3v) is 4.83. The Bertz CT molecular complexity index is 1040. The Balaban J connectivity index is 1.51. The van der Waals surface area contributed by atoms with Gasteiger partial charge in [0.25, 0.3) is 17.4 Å². The van der Waals surface area contributed by atoms with E-state index in [9.17, 15) is 14.4 Å². The summed E-state index contributed by atoms with van der Waals surface area (Å²) in [4.78, 5) is 41.5. The summed E-state index contributed by atoms with van der Waals surface area (Å²) in [6, 6.07) is 10.2. The van der Waals surface area contributed by atoms with Crippen LogP contribution in [0.2, 0.25) is 0 Å². The second-order valence-corrected chi connectivity index (χ2v) is 6.62. The maximum Gasteiger partial charge on any atom is 0.289 e. The standard InChI is InChI=1S/C20H19N3O4/c24-18-15-7-2-1-6-14(15)16(11-21-18)19(25)22-13-5-3-9-23(12-13)20(26)17-8-4-10-27-17/h1-2,4,6-8,10-11,13H,3,5,9,12H2,(H,21,24)(H,22,25). The van der Waals surface area contributed by atoms with Crippen LogP contribution >= 0.6 is 0 Å². The lowest BCUT2D eigenvalue weighted by Crippen LogP contribution is -2.49. The van der Waals surface area contributed by atoms with E-state index in [-0.39, 0.29) is 23.4 Å². The van der Waals surface area contributed by atoms with Gasteiger partial charge in [-0.2, -0.15) is 0 Å². The number of H-pyrrole nitrogens is 1. The summed E-state index contributed by atoms with van der Waals surface area (Å²) >= 11 is 0. The maximum absolute atomic E-state index is 12.8. The summed E-state index contributed by atoms with van der Waals surface area (Å²) in [5, 5.41) is 4.08. The molecule has 0 spiro atoms. The van der Waals surface area contributed by atoms with Crippen molar-refractivity contribution >= 4 is 22.6 Å². The summed E-state index contributed by atoms with van der Waals surface area (Å²) < 4.78 is 5.18. The zero-order chi connectivity index (χ0) is 18.8. The molecule has 0 radical (unpaired) electrons. The van der Waals surface area contributed by atoms with Crippen LogP contribution in [0.5, 0.6) is 0 Å². The molecule has 3 heterocycles. The normalized spacial score (nSPS) is 17.0. The summed E-state index contributed by atoms with van der Waals surface area (Å²) in [5.41, 5.74) is 0.190. The Morgan fingerprint density at radius 1 is 1.15 bits per heavy atom. The topological polar surface area (TPSA) is 95.4 Å². The summed E-state index contributed by atoms with van der Waals surface area (Å²) in [7, 11) is 0. The van der Waals surface area contributed by atoms with Gasteiger partial charge in [0.15, 0.2) is 5.76 Å². The number of pyridine rings is 1. The Morgan fingerprint density at radius 3 is 2.74 bits per heavy atom. The fraction of sp³-hybridized carbons (Fsp3) is 0.250. The van der Waals surface area contributed by atoms with Crippen molar-refractivity contribution in [1.82, 2.24) is 15.2 Å². The number of benzene rings is 1. The van der Waals surface area contributed by atoms with E-state index >= 15 is 0 Å².